The van der Waals surface area contributed by atoms with Gasteiger partial charge in [0.2, 0.25) is 5.91 Å². The Morgan fingerprint density at radius 1 is 1.23 bits per heavy atom. The van der Waals surface area contributed by atoms with Gasteiger partial charge in [-0.1, -0.05) is 18.2 Å². The van der Waals surface area contributed by atoms with Gasteiger partial charge in [-0.3, -0.25) is 4.79 Å². The fourth-order valence-corrected chi connectivity index (χ4v) is 4.05. The molecule has 3 heterocycles. The number of aryl methyl sites for hydroxylation is 1. The number of hydrazine groups is 1. The summed E-state index contributed by atoms with van der Waals surface area (Å²) in [5.41, 5.74) is 7.08. The van der Waals surface area contributed by atoms with Gasteiger partial charge in [0.25, 0.3) is 0 Å². The van der Waals surface area contributed by atoms with E-state index in [1.807, 2.05) is 36.5 Å². The van der Waals surface area contributed by atoms with E-state index in [2.05, 4.69) is 20.4 Å². The highest BCUT2D eigenvalue weighted by Gasteiger charge is 2.35. The number of phenolic OH excluding ortho intramolecular Hbond substituents is 1. The third-order valence-electron chi connectivity index (χ3n) is 5.54. The molecule has 2 aliphatic heterocycles. The van der Waals surface area contributed by atoms with Gasteiger partial charge in [0.1, 0.15) is 17.6 Å². The normalized spacial score (nSPS) is 24.1. The van der Waals surface area contributed by atoms with Crippen molar-refractivity contribution in [2.24, 2.45) is 7.05 Å². The standard InChI is InChI=1S/C19H25N5O2/c1-23-11-8-20-18(23)13-6-9-24(10-7-13)19(26)16-12-15(21-22-16)14-4-2-3-5-17(14)25/h2-5,8,11,13,15-16,21-22,25H,6-7,9-10,12H2,1H3. The molecule has 1 aromatic carbocycles. The van der Waals surface area contributed by atoms with Crippen LogP contribution in [0.15, 0.2) is 36.7 Å². The van der Waals surface area contributed by atoms with Gasteiger partial charge < -0.3 is 14.6 Å². The lowest BCUT2D eigenvalue weighted by Crippen LogP contribution is -2.48. The maximum atomic E-state index is 12.9. The minimum absolute atomic E-state index is 0.0599. The quantitative estimate of drug-likeness (QED) is 0.776. The molecule has 0 spiro atoms. The number of likely N-dealkylation sites (tertiary alicyclic amines) is 1. The van der Waals surface area contributed by atoms with E-state index in [-0.39, 0.29) is 23.7 Å². The molecule has 4 rings (SSSR count). The number of imidazole rings is 1. The van der Waals surface area contributed by atoms with Crippen LogP contribution < -0.4 is 10.9 Å². The smallest absolute Gasteiger partial charge is 0.241 e. The van der Waals surface area contributed by atoms with Gasteiger partial charge in [-0.25, -0.2) is 15.8 Å². The first-order chi connectivity index (χ1) is 12.6. The van der Waals surface area contributed by atoms with E-state index in [9.17, 15) is 9.90 Å². The Bertz CT molecular complexity index is 782. The molecule has 2 aromatic rings. The van der Waals surface area contributed by atoms with Crippen LogP contribution in [0.4, 0.5) is 0 Å². The highest BCUT2D eigenvalue weighted by molar-refractivity contribution is 5.82. The van der Waals surface area contributed by atoms with Crippen LogP contribution in [0.5, 0.6) is 5.75 Å². The van der Waals surface area contributed by atoms with Crippen molar-refractivity contribution in [1.82, 2.24) is 25.3 Å². The summed E-state index contributed by atoms with van der Waals surface area (Å²) in [5, 5.41) is 10.0. The Balaban J connectivity index is 1.35. The second-order valence-corrected chi connectivity index (χ2v) is 7.18. The Labute approximate surface area is 153 Å². The molecule has 26 heavy (non-hydrogen) atoms. The van der Waals surface area contributed by atoms with Crippen LogP contribution in [0.25, 0.3) is 0 Å². The first kappa shape index (κ1) is 17.1. The average Bonchev–Trinajstić information content (AvgIpc) is 3.31. The Kier molecular flexibility index (Phi) is 4.65. The van der Waals surface area contributed by atoms with Crippen molar-refractivity contribution in [3.05, 3.63) is 48.0 Å². The van der Waals surface area contributed by atoms with E-state index in [0.717, 1.165) is 37.3 Å². The first-order valence-corrected chi connectivity index (χ1v) is 9.18. The number of hydrogen-bond acceptors (Lipinski definition) is 5. The van der Waals surface area contributed by atoms with Crippen molar-refractivity contribution in [3.63, 3.8) is 0 Å². The molecule has 0 radical (unpaired) electrons. The molecule has 3 N–H and O–H groups in total. The van der Waals surface area contributed by atoms with Crippen LogP contribution in [0.2, 0.25) is 0 Å². The van der Waals surface area contributed by atoms with Gasteiger partial charge in [-0.05, 0) is 25.3 Å². The van der Waals surface area contributed by atoms with E-state index < -0.39 is 0 Å². The molecule has 2 aliphatic rings. The minimum Gasteiger partial charge on any atom is -0.508 e. The SMILES string of the molecule is Cn1ccnc1C1CCN(C(=O)C2CC(c3ccccc3O)NN2)CC1. The highest BCUT2D eigenvalue weighted by Crippen LogP contribution is 2.31. The van der Waals surface area contributed by atoms with Gasteiger partial charge in [-0.15, -0.1) is 0 Å². The summed E-state index contributed by atoms with van der Waals surface area (Å²) in [6.45, 7) is 1.52. The molecule has 1 aromatic heterocycles. The Morgan fingerprint density at radius 2 is 2.00 bits per heavy atom. The van der Waals surface area contributed by atoms with Crippen molar-refractivity contribution in [3.8, 4) is 5.75 Å². The summed E-state index contributed by atoms with van der Waals surface area (Å²) >= 11 is 0. The number of hydrogen-bond donors (Lipinski definition) is 3. The van der Waals surface area contributed by atoms with E-state index in [4.69, 9.17) is 0 Å². The molecule has 2 atom stereocenters. The fourth-order valence-electron chi connectivity index (χ4n) is 4.05. The zero-order valence-corrected chi connectivity index (χ0v) is 14.9. The number of amides is 1. The maximum absolute atomic E-state index is 12.9. The largest absolute Gasteiger partial charge is 0.508 e. The molecular formula is C19H25N5O2. The van der Waals surface area contributed by atoms with Gasteiger partial charge in [-0.2, -0.15) is 0 Å². The number of carbonyl (C=O) groups is 1. The lowest BCUT2D eigenvalue weighted by molar-refractivity contribution is -0.134. The molecular weight excluding hydrogens is 330 g/mol. The fraction of sp³-hybridized carbons (Fsp3) is 0.474. The third kappa shape index (κ3) is 3.20. The summed E-state index contributed by atoms with van der Waals surface area (Å²) in [6, 6.07) is 6.94. The van der Waals surface area contributed by atoms with Gasteiger partial charge in [0.15, 0.2) is 0 Å². The molecule has 2 saturated heterocycles. The molecule has 7 nitrogen and oxygen atoms in total. The number of aromatic nitrogens is 2. The van der Waals surface area contributed by atoms with Crippen molar-refractivity contribution < 1.29 is 9.90 Å². The number of nitrogens with one attached hydrogen (secondary N) is 2. The summed E-state index contributed by atoms with van der Waals surface area (Å²) < 4.78 is 2.07. The number of nitrogens with zero attached hydrogens (tertiary/aromatic N) is 3. The highest BCUT2D eigenvalue weighted by atomic mass is 16.3. The van der Waals surface area contributed by atoms with Gasteiger partial charge in [0, 0.05) is 44.0 Å². The van der Waals surface area contributed by atoms with Crippen LogP contribution in [-0.2, 0) is 11.8 Å². The summed E-state index contributed by atoms with van der Waals surface area (Å²) in [7, 11) is 2.02. The molecule has 0 saturated carbocycles. The molecule has 2 fully saturated rings. The minimum atomic E-state index is -0.260. The summed E-state index contributed by atoms with van der Waals surface area (Å²) in [6.07, 6.45) is 6.33. The molecule has 7 heteroatoms. The maximum Gasteiger partial charge on any atom is 0.241 e. The number of rotatable bonds is 3. The van der Waals surface area contributed by atoms with E-state index in [0.29, 0.717) is 12.3 Å². The summed E-state index contributed by atoms with van der Waals surface area (Å²) in [4.78, 5) is 19.3. The number of carbonyl (C=O) groups excluding carboxylic acids is 1. The second kappa shape index (κ2) is 7.09. The van der Waals surface area contributed by atoms with Crippen LogP contribution in [-0.4, -0.2) is 44.6 Å². The van der Waals surface area contributed by atoms with Gasteiger partial charge >= 0.3 is 0 Å². The zero-order chi connectivity index (χ0) is 18.1. The lowest BCUT2D eigenvalue weighted by Gasteiger charge is -2.33. The van der Waals surface area contributed by atoms with Gasteiger partial charge in [0.05, 0.1) is 6.04 Å². The van der Waals surface area contributed by atoms with E-state index in [1.54, 1.807) is 12.1 Å². The van der Waals surface area contributed by atoms with Crippen LogP contribution in [0, 0.1) is 0 Å². The predicted molar refractivity (Wildman–Crippen MR) is 97.3 cm³/mol. The van der Waals surface area contributed by atoms with Crippen LogP contribution >= 0.6 is 0 Å². The first-order valence-electron chi connectivity index (χ1n) is 9.18. The van der Waals surface area contributed by atoms with E-state index in [1.165, 1.54) is 0 Å². The zero-order valence-electron chi connectivity index (χ0n) is 14.9. The monoisotopic (exact) mass is 355 g/mol. The molecule has 0 bridgehead atoms. The van der Waals surface area contributed by atoms with Crippen LogP contribution in [0.3, 0.4) is 0 Å². The number of benzene rings is 1. The average molecular weight is 355 g/mol. The number of aromatic hydroxyl groups is 1. The molecule has 2 unspecified atom stereocenters. The topological polar surface area (TPSA) is 82.4 Å². The third-order valence-corrected chi connectivity index (χ3v) is 5.54. The molecule has 138 valence electrons. The van der Waals surface area contributed by atoms with Crippen LogP contribution in [0.1, 0.15) is 42.6 Å². The molecule has 1 amide bonds. The van der Waals surface area contributed by atoms with Crippen molar-refractivity contribution in [2.45, 2.75) is 37.3 Å². The van der Waals surface area contributed by atoms with Crippen molar-refractivity contribution in [2.75, 3.05) is 13.1 Å². The number of piperidine rings is 1. The lowest BCUT2D eigenvalue weighted by atomic mass is 9.94. The second-order valence-electron chi connectivity index (χ2n) is 7.18. The van der Waals surface area contributed by atoms with Crippen molar-refractivity contribution >= 4 is 5.91 Å². The predicted octanol–water partition coefficient (Wildman–Crippen LogP) is 1.44. The Morgan fingerprint density at radius 3 is 2.69 bits per heavy atom. The van der Waals surface area contributed by atoms with Crippen molar-refractivity contribution in [1.29, 1.82) is 0 Å². The van der Waals surface area contributed by atoms with E-state index >= 15 is 0 Å². The molecule has 0 aliphatic carbocycles. The number of phenols is 1. The summed E-state index contributed by atoms with van der Waals surface area (Å²) in [5.74, 6) is 1.92. The Hall–Kier alpha value is -2.38. The number of para-hydroxylation sites is 1.